The van der Waals surface area contributed by atoms with Gasteiger partial charge >= 0.3 is 11.9 Å². The van der Waals surface area contributed by atoms with Crippen LogP contribution in [0.3, 0.4) is 0 Å². The molecule has 1 saturated heterocycles. The van der Waals surface area contributed by atoms with Gasteiger partial charge in [0.05, 0.1) is 11.8 Å². The second kappa shape index (κ2) is 6.59. The van der Waals surface area contributed by atoms with E-state index in [-0.39, 0.29) is 35.8 Å². The second-order valence-corrected chi connectivity index (χ2v) is 8.18. The van der Waals surface area contributed by atoms with Gasteiger partial charge in [-0.2, -0.15) is 0 Å². The highest BCUT2D eigenvalue weighted by molar-refractivity contribution is 5.79. The van der Waals surface area contributed by atoms with Crippen LogP contribution < -0.4 is 0 Å². The van der Waals surface area contributed by atoms with Crippen molar-refractivity contribution in [2.24, 2.45) is 16.2 Å². The van der Waals surface area contributed by atoms with Gasteiger partial charge in [0, 0.05) is 0 Å². The zero-order valence-corrected chi connectivity index (χ0v) is 15.2. The molecule has 1 aliphatic rings. The first-order valence-electron chi connectivity index (χ1n) is 8.34. The first-order valence-corrected chi connectivity index (χ1v) is 8.34. The molecule has 1 fully saturated rings. The van der Waals surface area contributed by atoms with Crippen LogP contribution in [0.5, 0.6) is 0 Å². The molecule has 0 aliphatic carbocycles. The molecule has 1 aliphatic heterocycles. The molecule has 128 valence electrons. The van der Waals surface area contributed by atoms with Crippen LogP contribution in [-0.4, -0.2) is 24.6 Å². The normalized spacial score (nSPS) is 22.1. The summed E-state index contributed by atoms with van der Waals surface area (Å²) in [6.45, 7) is 15.1. The first kappa shape index (κ1) is 19.0. The van der Waals surface area contributed by atoms with Crippen LogP contribution in [0.1, 0.15) is 74.1 Å². The van der Waals surface area contributed by atoms with Gasteiger partial charge in [-0.25, -0.2) is 0 Å². The van der Waals surface area contributed by atoms with Crippen LogP contribution in [0.15, 0.2) is 0 Å². The van der Waals surface area contributed by atoms with Crippen molar-refractivity contribution < 1.29 is 19.1 Å². The predicted molar refractivity (Wildman–Crippen MR) is 86.3 cm³/mol. The summed E-state index contributed by atoms with van der Waals surface area (Å²) in [7, 11) is 0. The molecule has 0 aromatic rings. The molecule has 0 aromatic carbocycles. The van der Waals surface area contributed by atoms with E-state index in [9.17, 15) is 9.59 Å². The van der Waals surface area contributed by atoms with Crippen molar-refractivity contribution >= 4 is 11.9 Å². The lowest BCUT2D eigenvalue weighted by atomic mass is 9.58. The Morgan fingerprint density at radius 3 is 2.18 bits per heavy atom. The Kier molecular flexibility index (Phi) is 5.69. The quantitative estimate of drug-likeness (QED) is 0.664. The maximum absolute atomic E-state index is 12.9. The molecule has 0 N–H and O–H groups in total. The van der Waals surface area contributed by atoms with E-state index in [4.69, 9.17) is 9.47 Å². The summed E-state index contributed by atoms with van der Waals surface area (Å²) < 4.78 is 10.5. The van der Waals surface area contributed by atoms with Crippen molar-refractivity contribution in [2.45, 2.75) is 80.3 Å². The van der Waals surface area contributed by atoms with E-state index in [1.165, 1.54) is 0 Å². The van der Waals surface area contributed by atoms with Crippen LogP contribution in [0, 0.1) is 16.2 Å². The van der Waals surface area contributed by atoms with Crippen LogP contribution in [0.25, 0.3) is 0 Å². The molecule has 1 heterocycles. The van der Waals surface area contributed by atoms with Crippen molar-refractivity contribution in [3.8, 4) is 0 Å². The zero-order valence-electron chi connectivity index (χ0n) is 15.2. The Morgan fingerprint density at radius 1 is 1.18 bits per heavy atom. The number of cyclic esters (lactones) is 1. The Hall–Kier alpha value is -1.06. The number of ether oxygens (including phenoxy) is 2. The van der Waals surface area contributed by atoms with Gasteiger partial charge in [0.15, 0.2) is 0 Å². The summed E-state index contributed by atoms with van der Waals surface area (Å²) in [6, 6.07) is 0. The molecule has 4 heteroatoms. The lowest BCUT2D eigenvalue weighted by Crippen LogP contribution is -2.47. The van der Waals surface area contributed by atoms with Gasteiger partial charge in [-0.15, -0.1) is 0 Å². The Labute approximate surface area is 134 Å². The van der Waals surface area contributed by atoms with Gasteiger partial charge in [0.1, 0.15) is 12.7 Å². The van der Waals surface area contributed by atoms with E-state index in [2.05, 4.69) is 41.5 Å². The topological polar surface area (TPSA) is 52.6 Å². The van der Waals surface area contributed by atoms with Crippen LogP contribution in [0.2, 0.25) is 0 Å². The largest absolute Gasteiger partial charge is 0.462 e. The van der Waals surface area contributed by atoms with Gasteiger partial charge in [-0.1, -0.05) is 48.0 Å². The van der Waals surface area contributed by atoms with E-state index < -0.39 is 11.5 Å². The summed E-state index contributed by atoms with van der Waals surface area (Å²) in [4.78, 5) is 24.1. The average molecular weight is 312 g/mol. The Morgan fingerprint density at radius 2 is 1.77 bits per heavy atom. The number of esters is 2. The third kappa shape index (κ3) is 4.02. The minimum Gasteiger partial charge on any atom is -0.462 e. The molecule has 0 saturated carbocycles. The maximum atomic E-state index is 12.9. The number of hydrogen-bond acceptors (Lipinski definition) is 4. The minimum absolute atomic E-state index is 0.0577. The fraction of sp³-hybridized carbons (Fsp3) is 0.889. The lowest BCUT2D eigenvalue weighted by molar-refractivity contribution is -0.171. The van der Waals surface area contributed by atoms with E-state index in [1.807, 2.05) is 6.92 Å². The fourth-order valence-corrected chi connectivity index (χ4v) is 2.91. The third-order valence-electron chi connectivity index (χ3n) is 5.72. The van der Waals surface area contributed by atoms with Gasteiger partial charge in [0.2, 0.25) is 0 Å². The third-order valence-corrected chi connectivity index (χ3v) is 5.72. The van der Waals surface area contributed by atoms with Gasteiger partial charge < -0.3 is 9.47 Å². The molecule has 0 aromatic heterocycles. The number of rotatable bonds is 7. The SMILES string of the molecule is CCC(C)(C)CC(C)(C(=O)OC1COC(=O)C1)C(C)(C)CC. The van der Waals surface area contributed by atoms with Crippen molar-refractivity contribution in [1.82, 2.24) is 0 Å². The molecular formula is C18H32O4. The van der Waals surface area contributed by atoms with E-state index in [0.29, 0.717) is 0 Å². The molecule has 2 unspecified atom stereocenters. The van der Waals surface area contributed by atoms with Crippen molar-refractivity contribution in [3.05, 3.63) is 0 Å². The van der Waals surface area contributed by atoms with E-state index >= 15 is 0 Å². The predicted octanol–water partition coefficient (Wildman–Crippen LogP) is 4.11. The van der Waals surface area contributed by atoms with Crippen molar-refractivity contribution in [3.63, 3.8) is 0 Å². The molecule has 0 amide bonds. The minimum atomic E-state index is -0.590. The Balaban J connectivity index is 2.99. The van der Waals surface area contributed by atoms with E-state index in [1.54, 1.807) is 0 Å². The highest BCUT2D eigenvalue weighted by atomic mass is 16.6. The van der Waals surface area contributed by atoms with Crippen LogP contribution in [-0.2, 0) is 19.1 Å². The summed E-state index contributed by atoms with van der Waals surface area (Å²) >= 11 is 0. The summed E-state index contributed by atoms with van der Waals surface area (Å²) in [6.07, 6.45) is 2.39. The summed E-state index contributed by atoms with van der Waals surface area (Å²) in [5, 5.41) is 0. The van der Waals surface area contributed by atoms with Crippen LogP contribution >= 0.6 is 0 Å². The number of hydrogen-bond donors (Lipinski definition) is 0. The maximum Gasteiger partial charge on any atom is 0.312 e. The lowest BCUT2D eigenvalue weighted by Gasteiger charge is -2.46. The summed E-state index contributed by atoms with van der Waals surface area (Å²) in [5.74, 6) is -0.493. The highest BCUT2D eigenvalue weighted by Gasteiger charge is 2.50. The van der Waals surface area contributed by atoms with Gasteiger partial charge in [0.25, 0.3) is 0 Å². The molecule has 4 nitrogen and oxygen atoms in total. The summed E-state index contributed by atoms with van der Waals surface area (Å²) in [5.41, 5.74) is -0.713. The van der Waals surface area contributed by atoms with Crippen LogP contribution in [0.4, 0.5) is 0 Å². The second-order valence-electron chi connectivity index (χ2n) is 8.18. The molecule has 0 spiro atoms. The standard InChI is InChI=1S/C18H32O4/c1-8-16(3,4)12-18(7,17(5,6)9-2)15(20)22-13-10-14(19)21-11-13/h13H,8-12H2,1-7H3. The van der Waals surface area contributed by atoms with Gasteiger partial charge in [-0.3, -0.25) is 9.59 Å². The number of carbonyl (C=O) groups is 2. The molecule has 1 rings (SSSR count). The van der Waals surface area contributed by atoms with Crippen molar-refractivity contribution in [1.29, 1.82) is 0 Å². The zero-order chi connectivity index (χ0) is 17.2. The molecule has 0 radical (unpaired) electrons. The average Bonchev–Trinajstić information content (AvgIpc) is 2.83. The first-order chi connectivity index (χ1) is 9.97. The molecular weight excluding hydrogens is 280 g/mol. The monoisotopic (exact) mass is 312 g/mol. The molecule has 22 heavy (non-hydrogen) atoms. The molecule has 2 atom stereocenters. The van der Waals surface area contributed by atoms with Crippen molar-refractivity contribution in [2.75, 3.05) is 6.61 Å². The highest BCUT2D eigenvalue weighted by Crippen LogP contribution is 2.50. The Bertz CT molecular complexity index is 425. The van der Waals surface area contributed by atoms with E-state index in [0.717, 1.165) is 19.3 Å². The van der Waals surface area contributed by atoms with Gasteiger partial charge in [-0.05, 0) is 30.6 Å². The number of carbonyl (C=O) groups excluding carboxylic acids is 2. The fourth-order valence-electron chi connectivity index (χ4n) is 2.91. The smallest absolute Gasteiger partial charge is 0.312 e. The molecule has 0 bridgehead atoms.